The van der Waals surface area contributed by atoms with E-state index in [1.807, 2.05) is 12.1 Å². The van der Waals surface area contributed by atoms with Gasteiger partial charge >= 0.3 is 0 Å². The lowest BCUT2D eigenvalue weighted by molar-refractivity contribution is 0.0623. The number of carbonyl (C=O) groups is 1. The van der Waals surface area contributed by atoms with Crippen LogP contribution in [0.15, 0.2) is 53.4 Å². The van der Waals surface area contributed by atoms with Crippen molar-refractivity contribution in [2.45, 2.75) is 11.4 Å². The van der Waals surface area contributed by atoms with Crippen LogP contribution in [0.4, 0.5) is 0 Å². The van der Waals surface area contributed by atoms with E-state index in [1.165, 1.54) is 10.4 Å². The van der Waals surface area contributed by atoms with E-state index in [-0.39, 0.29) is 16.4 Å². The number of benzene rings is 2. The lowest BCUT2D eigenvalue weighted by atomic mass is 10.1. The number of nitrogens with zero attached hydrogens (tertiary/aromatic N) is 4. The Balaban J connectivity index is 1.43. The first-order chi connectivity index (χ1) is 15.5. The van der Waals surface area contributed by atoms with Gasteiger partial charge in [-0.2, -0.15) is 9.57 Å². The summed E-state index contributed by atoms with van der Waals surface area (Å²) in [6.07, 6.45) is 0. The van der Waals surface area contributed by atoms with Gasteiger partial charge in [-0.3, -0.25) is 9.69 Å². The normalized spacial score (nSPS) is 18.3. The fourth-order valence-corrected chi connectivity index (χ4v) is 5.61. The van der Waals surface area contributed by atoms with Crippen LogP contribution < -0.4 is 0 Å². The molecule has 0 saturated carbocycles. The Kier molecular flexibility index (Phi) is 6.86. The minimum Gasteiger partial charge on any atom is -0.379 e. The van der Waals surface area contributed by atoms with Crippen molar-refractivity contribution in [3.05, 3.63) is 65.2 Å². The molecule has 0 spiro atoms. The molecule has 2 aromatic rings. The molecule has 1 amide bonds. The Morgan fingerprint density at radius 3 is 2.25 bits per heavy atom. The highest BCUT2D eigenvalue weighted by molar-refractivity contribution is 7.89. The second kappa shape index (κ2) is 9.79. The molecule has 0 radical (unpaired) electrons. The molecular weight excluding hydrogens is 428 g/mol. The maximum absolute atomic E-state index is 13.3. The van der Waals surface area contributed by atoms with Crippen molar-refractivity contribution >= 4 is 15.9 Å². The summed E-state index contributed by atoms with van der Waals surface area (Å²) in [6.45, 7) is 4.50. The van der Waals surface area contributed by atoms with Crippen molar-refractivity contribution in [1.29, 1.82) is 5.26 Å². The van der Waals surface area contributed by atoms with E-state index in [0.717, 1.165) is 12.1 Å². The number of rotatable bonds is 5. The number of nitriles is 1. The fraction of sp³-hybridized carbons (Fsp3) is 0.391. The monoisotopic (exact) mass is 454 g/mol. The Morgan fingerprint density at radius 2 is 1.59 bits per heavy atom. The number of ether oxygens (including phenoxy) is 1. The van der Waals surface area contributed by atoms with Gasteiger partial charge in [0.1, 0.15) is 0 Å². The molecule has 2 aliphatic rings. The molecule has 2 aromatic carbocycles. The number of piperazine rings is 1. The first-order valence-electron chi connectivity index (χ1n) is 10.7. The Hall–Kier alpha value is -2.77. The summed E-state index contributed by atoms with van der Waals surface area (Å²) < 4.78 is 33.0. The quantitative estimate of drug-likeness (QED) is 0.680. The van der Waals surface area contributed by atoms with Gasteiger partial charge in [-0.1, -0.05) is 24.3 Å². The molecule has 9 heteroatoms. The van der Waals surface area contributed by atoms with Gasteiger partial charge in [0.25, 0.3) is 5.91 Å². The predicted octanol–water partition coefficient (Wildman–Crippen LogP) is 1.54. The molecule has 0 unspecified atom stereocenters. The molecule has 0 aliphatic carbocycles. The Morgan fingerprint density at radius 1 is 0.938 bits per heavy atom. The molecular formula is C23H26N4O4S. The molecule has 168 valence electrons. The Labute approximate surface area is 188 Å². The van der Waals surface area contributed by atoms with Crippen LogP contribution in [0.5, 0.6) is 0 Å². The molecule has 2 heterocycles. The summed E-state index contributed by atoms with van der Waals surface area (Å²) in [6, 6.07) is 16.1. The van der Waals surface area contributed by atoms with Crippen LogP contribution >= 0.6 is 0 Å². The number of morpholine rings is 1. The zero-order chi connectivity index (χ0) is 22.6. The van der Waals surface area contributed by atoms with Crippen LogP contribution in [0.25, 0.3) is 0 Å². The largest absolute Gasteiger partial charge is 0.379 e. The van der Waals surface area contributed by atoms with Crippen molar-refractivity contribution in [3.8, 4) is 6.07 Å². The van der Waals surface area contributed by atoms with Gasteiger partial charge in [0, 0.05) is 45.8 Å². The van der Waals surface area contributed by atoms with E-state index in [0.29, 0.717) is 58.0 Å². The molecule has 0 N–H and O–H groups in total. The van der Waals surface area contributed by atoms with Crippen LogP contribution in [0.1, 0.15) is 21.5 Å². The van der Waals surface area contributed by atoms with Crippen molar-refractivity contribution in [2.24, 2.45) is 0 Å². The van der Waals surface area contributed by atoms with Crippen molar-refractivity contribution in [2.75, 3.05) is 52.5 Å². The van der Waals surface area contributed by atoms with E-state index in [2.05, 4.69) is 11.0 Å². The SMILES string of the molecule is N#Cc1ccc(CN2CCN(C(=O)c3ccccc3S(=O)(=O)N3CCOCC3)CC2)cc1. The van der Waals surface area contributed by atoms with Crippen molar-refractivity contribution < 1.29 is 17.9 Å². The summed E-state index contributed by atoms with van der Waals surface area (Å²) in [5.41, 5.74) is 1.97. The van der Waals surface area contributed by atoms with Crippen LogP contribution in [0, 0.1) is 11.3 Å². The van der Waals surface area contributed by atoms with Gasteiger partial charge < -0.3 is 9.64 Å². The fourth-order valence-electron chi connectivity index (χ4n) is 4.02. The van der Waals surface area contributed by atoms with Gasteiger partial charge in [-0.05, 0) is 29.8 Å². The highest BCUT2D eigenvalue weighted by Gasteiger charge is 2.32. The molecule has 4 rings (SSSR count). The standard InChI is InChI=1S/C23H26N4O4S/c24-17-19-5-7-20(8-6-19)18-25-9-11-26(12-10-25)23(28)21-3-1-2-4-22(21)32(29,30)27-13-15-31-16-14-27/h1-8H,9-16,18H2. The second-order valence-corrected chi connectivity index (χ2v) is 9.80. The number of hydrogen-bond donors (Lipinski definition) is 0. The zero-order valence-corrected chi connectivity index (χ0v) is 18.6. The summed E-state index contributed by atoms with van der Waals surface area (Å²) in [4.78, 5) is 17.3. The molecule has 0 aromatic heterocycles. The average Bonchev–Trinajstić information content (AvgIpc) is 2.85. The number of carbonyl (C=O) groups excluding carboxylic acids is 1. The molecule has 2 aliphatic heterocycles. The van der Waals surface area contributed by atoms with Crippen LogP contribution in [-0.4, -0.2) is 80.9 Å². The molecule has 8 nitrogen and oxygen atoms in total. The minimum atomic E-state index is -3.76. The maximum Gasteiger partial charge on any atom is 0.255 e. The lowest BCUT2D eigenvalue weighted by Crippen LogP contribution is -2.48. The number of sulfonamides is 1. The van der Waals surface area contributed by atoms with E-state index in [1.54, 1.807) is 35.2 Å². The molecule has 32 heavy (non-hydrogen) atoms. The van der Waals surface area contributed by atoms with Crippen molar-refractivity contribution in [3.63, 3.8) is 0 Å². The first-order valence-corrected chi connectivity index (χ1v) is 12.1. The third-order valence-electron chi connectivity index (χ3n) is 5.85. The van der Waals surface area contributed by atoms with Gasteiger partial charge in [0.2, 0.25) is 10.0 Å². The van der Waals surface area contributed by atoms with Gasteiger partial charge in [-0.15, -0.1) is 0 Å². The summed E-state index contributed by atoms with van der Waals surface area (Å²) in [7, 11) is -3.76. The van der Waals surface area contributed by atoms with E-state index in [9.17, 15) is 13.2 Å². The van der Waals surface area contributed by atoms with Gasteiger partial charge in [-0.25, -0.2) is 8.42 Å². The third-order valence-corrected chi connectivity index (χ3v) is 7.81. The number of hydrogen-bond acceptors (Lipinski definition) is 6. The topological polar surface area (TPSA) is 93.9 Å². The second-order valence-electron chi connectivity index (χ2n) is 7.89. The number of amides is 1. The van der Waals surface area contributed by atoms with Gasteiger partial charge in [0.05, 0.1) is 35.3 Å². The van der Waals surface area contributed by atoms with E-state index in [4.69, 9.17) is 10.00 Å². The average molecular weight is 455 g/mol. The predicted molar refractivity (Wildman–Crippen MR) is 118 cm³/mol. The summed E-state index contributed by atoms with van der Waals surface area (Å²) in [5.74, 6) is -0.254. The lowest BCUT2D eigenvalue weighted by Gasteiger charge is -2.35. The summed E-state index contributed by atoms with van der Waals surface area (Å²) >= 11 is 0. The Bertz CT molecular complexity index is 1100. The zero-order valence-electron chi connectivity index (χ0n) is 17.8. The van der Waals surface area contributed by atoms with Gasteiger partial charge in [0.15, 0.2) is 0 Å². The first kappa shape index (κ1) is 22.4. The summed E-state index contributed by atoms with van der Waals surface area (Å²) in [5, 5.41) is 8.93. The molecule has 0 bridgehead atoms. The maximum atomic E-state index is 13.3. The highest BCUT2D eigenvalue weighted by Crippen LogP contribution is 2.23. The minimum absolute atomic E-state index is 0.0620. The molecule has 2 fully saturated rings. The highest BCUT2D eigenvalue weighted by atomic mass is 32.2. The molecule has 2 saturated heterocycles. The third kappa shape index (κ3) is 4.84. The van der Waals surface area contributed by atoms with E-state index >= 15 is 0 Å². The van der Waals surface area contributed by atoms with Crippen molar-refractivity contribution in [1.82, 2.24) is 14.1 Å². The molecule has 0 atom stereocenters. The van der Waals surface area contributed by atoms with Crippen LogP contribution in [0.3, 0.4) is 0 Å². The smallest absolute Gasteiger partial charge is 0.255 e. The van der Waals surface area contributed by atoms with Crippen LogP contribution in [-0.2, 0) is 21.3 Å². The van der Waals surface area contributed by atoms with E-state index < -0.39 is 10.0 Å². The van der Waals surface area contributed by atoms with Crippen LogP contribution in [0.2, 0.25) is 0 Å².